The van der Waals surface area contributed by atoms with E-state index in [1.54, 1.807) is 24.3 Å². The molecule has 3 N–H and O–H groups in total. The van der Waals surface area contributed by atoms with Crippen LogP contribution >= 0.6 is 22.9 Å². The molecule has 0 aliphatic carbocycles. The Balaban J connectivity index is 1.75. The number of ether oxygens (including phenoxy) is 2. The molecule has 11 nitrogen and oxygen atoms in total. The van der Waals surface area contributed by atoms with Crippen molar-refractivity contribution in [2.24, 2.45) is 0 Å². The van der Waals surface area contributed by atoms with Crippen LogP contribution in [-0.2, 0) is 30.9 Å². The summed E-state index contributed by atoms with van der Waals surface area (Å²) in [5, 5.41) is 4.80. The van der Waals surface area contributed by atoms with Crippen LogP contribution in [0.25, 0.3) is 10.9 Å². The van der Waals surface area contributed by atoms with Crippen molar-refractivity contribution in [3.05, 3.63) is 91.9 Å². The average Bonchev–Trinajstić information content (AvgIpc) is 3.48. The zero-order valence-corrected chi connectivity index (χ0v) is 25.1. The SMILES string of the molecule is COCCNC(=O)CN(Cc1cccs1)C(=O)[C@@H](NS(=O)(=O)c1cc2ccc(=O)[nH]c2cc1Cl)c1ccccc1OC. The maximum atomic E-state index is 14.2. The van der Waals surface area contributed by atoms with Crippen LogP contribution in [0.3, 0.4) is 0 Å². The summed E-state index contributed by atoms with van der Waals surface area (Å²) in [5.41, 5.74) is 0.224. The number of halogens is 1. The molecule has 2 amide bonds. The molecule has 0 radical (unpaired) electrons. The second kappa shape index (κ2) is 13.9. The number of sulfonamides is 1. The van der Waals surface area contributed by atoms with Crippen LogP contribution in [-0.4, -0.2) is 64.0 Å². The number of carbonyl (C=O) groups is 2. The summed E-state index contributed by atoms with van der Waals surface area (Å²) in [6.45, 7) is 0.253. The molecule has 0 saturated carbocycles. The quantitative estimate of drug-likeness (QED) is 0.192. The molecule has 0 aliphatic rings. The predicted octanol–water partition coefficient (Wildman–Crippen LogP) is 3.06. The first kappa shape index (κ1) is 31.2. The van der Waals surface area contributed by atoms with Gasteiger partial charge in [-0.3, -0.25) is 14.4 Å². The van der Waals surface area contributed by atoms with Gasteiger partial charge in [0.05, 0.1) is 31.8 Å². The summed E-state index contributed by atoms with van der Waals surface area (Å²) in [6, 6.07) is 14.0. The Morgan fingerprint density at radius 2 is 1.88 bits per heavy atom. The lowest BCUT2D eigenvalue weighted by molar-refractivity contribution is -0.138. The first-order chi connectivity index (χ1) is 20.1. The molecular formula is C28H29ClN4O7S2. The number of pyridine rings is 1. The number of hydrogen-bond acceptors (Lipinski definition) is 8. The topological polar surface area (TPSA) is 147 Å². The molecule has 0 unspecified atom stereocenters. The average molecular weight is 633 g/mol. The van der Waals surface area contributed by atoms with Gasteiger partial charge in [-0.05, 0) is 41.1 Å². The molecule has 222 valence electrons. The highest BCUT2D eigenvalue weighted by Crippen LogP contribution is 2.31. The molecule has 4 aromatic rings. The van der Waals surface area contributed by atoms with Crippen LogP contribution in [0.2, 0.25) is 5.02 Å². The standard InChI is InChI=1S/C28H29ClN4O7S2/c1-39-12-11-30-26(35)17-33(16-19-6-5-13-41-19)28(36)27(20-7-3-4-8-23(20)40-2)32-42(37,38)24-14-18-9-10-25(34)31-22(18)15-21(24)29/h3-10,13-15,27,32H,11-12,16-17H2,1-2H3,(H,30,35)(H,31,34)/t27-/m0/s1. The van der Waals surface area contributed by atoms with Crippen molar-refractivity contribution < 1.29 is 27.5 Å². The molecule has 0 aliphatic heterocycles. The van der Waals surface area contributed by atoms with Gasteiger partial charge in [-0.25, -0.2) is 8.42 Å². The predicted molar refractivity (Wildman–Crippen MR) is 160 cm³/mol. The molecule has 0 bridgehead atoms. The molecule has 42 heavy (non-hydrogen) atoms. The third-order valence-electron chi connectivity index (χ3n) is 6.24. The number of fused-ring (bicyclic) bond motifs is 1. The third kappa shape index (κ3) is 7.55. The molecule has 2 aromatic heterocycles. The number of aromatic nitrogens is 1. The first-order valence-electron chi connectivity index (χ1n) is 12.7. The number of rotatable bonds is 13. The van der Waals surface area contributed by atoms with Crippen molar-refractivity contribution in [1.82, 2.24) is 19.9 Å². The van der Waals surface area contributed by atoms with Gasteiger partial charge >= 0.3 is 0 Å². The smallest absolute Gasteiger partial charge is 0.248 e. The molecule has 0 fully saturated rings. The Bertz CT molecular complexity index is 1730. The fourth-order valence-corrected chi connectivity index (χ4v) is 6.69. The minimum atomic E-state index is -4.44. The van der Waals surface area contributed by atoms with Gasteiger partial charge in [0.2, 0.25) is 27.4 Å². The summed E-state index contributed by atoms with van der Waals surface area (Å²) in [5.74, 6) is -0.855. The molecule has 2 heterocycles. The van der Waals surface area contributed by atoms with Crippen LogP contribution in [0.15, 0.2) is 75.7 Å². The monoisotopic (exact) mass is 632 g/mol. The fraction of sp³-hybridized carbons (Fsp3) is 0.250. The van der Waals surface area contributed by atoms with E-state index < -0.39 is 27.9 Å². The summed E-state index contributed by atoms with van der Waals surface area (Å²) < 4.78 is 40.6. The fourth-order valence-electron chi connectivity index (χ4n) is 4.24. The number of H-pyrrole nitrogens is 1. The Hall–Kier alpha value is -3.75. The number of benzene rings is 2. The summed E-state index contributed by atoms with van der Waals surface area (Å²) in [7, 11) is -1.53. The van der Waals surface area contributed by atoms with Crippen molar-refractivity contribution in [3.8, 4) is 5.75 Å². The summed E-state index contributed by atoms with van der Waals surface area (Å²) >= 11 is 7.77. The first-order valence-corrected chi connectivity index (χ1v) is 15.4. The molecule has 2 aromatic carbocycles. The highest BCUT2D eigenvalue weighted by Gasteiger charge is 2.34. The lowest BCUT2D eigenvalue weighted by Crippen LogP contribution is -2.46. The maximum absolute atomic E-state index is 14.2. The van der Waals surface area contributed by atoms with Crippen molar-refractivity contribution in [2.45, 2.75) is 17.5 Å². The second-order valence-corrected chi connectivity index (χ2v) is 12.2. The second-order valence-electron chi connectivity index (χ2n) is 9.11. The Labute approximate surface area is 251 Å². The molecule has 0 spiro atoms. The van der Waals surface area contributed by atoms with E-state index in [9.17, 15) is 22.8 Å². The molecule has 14 heteroatoms. The Kier molecular flexibility index (Phi) is 10.4. The number of hydrogen-bond donors (Lipinski definition) is 3. The van der Waals surface area contributed by atoms with Crippen molar-refractivity contribution in [1.29, 1.82) is 0 Å². The van der Waals surface area contributed by atoms with E-state index in [0.29, 0.717) is 10.9 Å². The molecule has 0 saturated heterocycles. The van der Waals surface area contributed by atoms with Crippen LogP contribution < -0.4 is 20.3 Å². The van der Waals surface area contributed by atoms with E-state index in [1.807, 2.05) is 17.5 Å². The zero-order valence-electron chi connectivity index (χ0n) is 22.8. The number of methoxy groups -OCH3 is 2. The van der Waals surface area contributed by atoms with E-state index in [1.165, 1.54) is 54.7 Å². The van der Waals surface area contributed by atoms with Crippen LogP contribution in [0, 0.1) is 0 Å². The van der Waals surface area contributed by atoms with Crippen molar-refractivity contribution in [3.63, 3.8) is 0 Å². The van der Waals surface area contributed by atoms with Gasteiger partial charge < -0.3 is 24.7 Å². The summed E-state index contributed by atoms with van der Waals surface area (Å²) in [6.07, 6.45) is 0. The zero-order chi connectivity index (χ0) is 30.3. The highest BCUT2D eigenvalue weighted by atomic mass is 35.5. The van der Waals surface area contributed by atoms with E-state index >= 15 is 0 Å². The van der Waals surface area contributed by atoms with Crippen LogP contribution in [0.1, 0.15) is 16.5 Å². The minimum Gasteiger partial charge on any atom is -0.496 e. The van der Waals surface area contributed by atoms with Gasteiger partial charge in [0.1, 0.15) is 16.7 Å². The van der Waals surface area contributed by atoms with E-state index in [4.69, 9.17) is 21.1 Å². The van der Waals surface area contributed by atoms with Gasteiger partial charge in [-0.2, -0.15) is 4.72 Å². The number of amides is 2. The maximum Gasteiger partial charge on any atom is 0.248 e. The van der Waals surface area contributed by atoms with Crippen molar-refractivity contribution in [2.75, 3.05) is 33.9 Å². The number of thiophene rings is 1. The number of para-hydroxylation sites is 1. The number of nitrogens with one attached hydrogen (secondary N) is 3. The molecule has 4 rings (SSSR count). The minimum absolute atomic E-state index is 0.0612. The lowest BCUT2D eigenvalue weighted by atomic mass is 10.0. The largest absolute Gasteiger partial charge is 0.496 e. The lowest BCUT2D eigenvalue weighted by Gasteiger charge is -2.28. The summed E-state index contributed by atoms with van der Waals surface area (Å²) in [4.78, 5) is 43.1. The normalized spacial score (nSPS) is 12.2. The molecule has 1 atom stereocenters. The van der Waals surface area contributed by atoms with Gasteiger partial charge in [0.25, 0.3) is 0 Å². The molecular weight excluding hydrogens is 604 g/mol. The van der Waals surface area contributed by atoms with E-state index in [2.05, 4.69) is 15.0 Å². The highest BCUT2D eigenvalue weighted by molar-refractivity contribution is 7.89. The van der Waals surface area contributed by atoms with Crippen LogP contribution in [0.4, 0.5) is 0 Å². The third-order valence-corrected chi connectivity index (χ3v) is 8.99. The van der Waals surface area contributed by atoms with Crippen LogP contribution in [0.5, 0.6) is 5.75 Å². The Morgan fingerprint density at radius 3 is 2.60 bits per heavy atom. The van der Waals surface area contributed by atoms with Gasteiger partial charge in [-0.1, -0.05) is 35.9 Å². The van der Waals surface area contributed by atoms with Gasteiger partial charge in [-0.15, -0.1) is 11.3 Å². The Morgan fingerprint density at radius 1 is 1.10 bits per heavy atom. The van der Waals surface area contributed by atoms with Gasteiger partial charge in [0, 0.05) is 35.7 Å². The number of nitrogens with zero attached hydrogens (tertiary/aromatic N) is 1. The van der Waals surface area contributed by atoms with Crippen molar-refractivity contribution >= 4 is 55.7 Å². The number of aromatic amines is 1. The van der Waals surface area contributed by atoms with E-state index in [-0.39, 0.29) is 53.0 Å². The number of carbonyl (C=O) groups excluding carboxylic acids is 2. The van der Waals surface area contributed by atoms with E-state index in [0.717, 1.165) is 4.88 Å². The van der Waals surface area contributed by atoms with Gasteiger partial charge in [0.15, 0.2) is 0 Å².